The van der Waals surface area contributed by atoms with E-state index in [4.69, 9.17) is 17.0 Å². The minimum Gasteiger partial charge on any atom is -0.489 e. The smallest absolute Gasteiger partial charge is 0.173 e. The average molecular weight is 393 g/mol. The molecule has 4 nitrogen and oxygen atoms in total. The molecule has 0 fully saturated rings. The second kappa shape index (κ2) is 8.15. The zero-order valence-corrected chi connectivity index (χ0v) is 16.8. The van der Waals surface area contributed by atoms with Gasteiger partial charge in [0.05, 0.1) is 6.04 Å². The summed E-state index contributed by atoms with van der Waals surface area (Å²) >= 11 is 5.62. The first-order chi connectivity index (χ1) is 13.7. The fraction of sp³-hybridized carbons (Fsp3) is 0.304. The highest BCUT2D eigenvalue weighted by atomic mass is 32.1. The maximum Gasteiger partial charge on any atom is 0.173 e. The number of para-hydroxylation sites is 1. The zero-order valence-electron chi connectivity index (χ0n) is 16.0. The molecule has 1 heterocycles. The largest absolute Gasteiger partial charge is 0.489 e. The van der Waals surface area contributed by atoms with Gasteiger partial charge < -0.3 is 15.0 Å². The van der Waals surface area contributed by atoms with Gasteiger partial charge in [0.2, 0.25) is 0 Å². The Morgan fingerprint density at radius 1 is 1.11 bits per heavy atom. The molecule has 1 atom stereocenters. The van der Waals surface area contributed by atoms with Crippen LogP contribution in [0.4, 0.5) is 0 Å². The van der Waals surface area contributed by atoms with E-state index in [-0.39, 0.29) is 11.8 Å². The summed E-state index contributed by atoms with van der Waals surface area (Å²) in [7, 11) is 0. The van der Waals surface area contributed by atoms with E-state index < -0.39 is 0 Å². The molecule has 0 radical (unpaired) electrons. The Hall–Kier alpha value is -2.66. The van der Waals surface area contributed by atoms with Crippen molar-refractivity contribution in [2.75, 3.05) is 6.54 Å². The molecule has 28 heavy (non-hydrogen) atoms. The van der Waals surface area contributed by atoms with Crippen LogP contribution in [0.3, 0.4) is 0 Å². The Kier molecular flexibility index (Phi) is 5.44. The fourth-order valence-electron chi connectivity index (χ4n) is 4.00. The third-order valence-electron chi connectivity index (χ3n) is 5.34. The molecule has 1 unspecified atom stereocenters. The lowest BCUT2D eigenvalue weighted by atomic mass is 9.84. The number of nitrogens with one attached hydrogen (secondary N) is 1. The molecule has 2 aromatic carbocycles. The molecule has 2 aliphatic rings. The van der Waals surface area contributed by atoms with E-state index in [1.807, 2.05) is 54.6 Å². The van der Waals surface area contributed by atoms with E-state index >= 15 is 0 Å². The van der Waals surface area contributed by atoms with Crippen LogP contribution in [0, 0.1) is 0 Å². The number of thiocarbonyl (C=S) groups is 1. The summed E-state index contributed by atoms with van der Waals surface area (Å²) in [5.74, 6) is 0.986. The number of ketones is 1. The third-order valence-corrected chi connectivity index (χ3v) is 5.68. The number of hydrogen-bond donors (Lipinski definition) is 1. The molecule has 5 heteroatoms. The zero-order chi connectivity index (χ0) is 19.5. The van der Waals surface area contributed by atoms with Crippen molar-refractivity contribution in [1.82, 2.24) is 10.2 Å². The van der Waals surface area contributed by atoms with E-state index in [1.165, 1.54) is 0 Å². The van der Waals surface area contributed by atoms with Gasteiger partial charge in [0.1, 0.15) is 12.4 Å². The lowest BCUT2D eigenvalue weighted by Crippen LogP contribution is -2.49. The summed E-state index contributed by atoms with van der Waals surface area (Å²) in [6.07, 6.45) is 2.37. The maximum absolute atomic E-state index is 12.9. The monoisotopic (exact) mass is 392 g/mol. The van der Waals surface area contributed by atoms with Gasteiger partial charge in [0.25, 0.3) is 0 Å². The number of benzene rings is 2. The van der Waals surface area contributed by atoms with Gasteiger partial charge in [-0.2, -0.15) is 0 Å². The van der Waals surface area contributed by atoms with Crippen molar-refractivity contribution in [2.45, 2.75) is 38.8 Å². The van der Waals surface area contributed by atoms with Gasteiger partial charge >= 0.3 is 0 Å². The van der Waals surface area contributed by atoms with Gasteiger partial charge in [-0.3, -0.25) is 4.79 Å². The molecular weight excluding hydrogens is 368 g/mol. The normalized spacial score (nSPS) is 19.3. The van der Waals surface area contributed by atoms with Crippen LogP contribution < -0.4 is 10.1 Å². The lowest BCUT2D eigenvalue weighted by Gasteiger charge is -2.40. The molecule has 4 rings (SSSR count). The number of hydrogen-bond acceptors (Lipinski definition) is 3. The van der Waals surface area contributed by atoms with Crippen molar-refractivity contribution in [3.05, 3.63) is 77.0 Å². The number of Topliss-reactive ketones (excluding diaryl/α,β-unsaturated/α-hetero) is 1. The molecule has 0 amide bonds. The van der Waals surface area contributed by atoms with Crippen molar-refractivity contribution < 1.29 is 9.53 Å². The molecule has 2 aromatic rings. The second-order valence-corrected chi connectivity index (χ2v) is 7.46. The van der Waals surface area contributed by atoms with E-state index in [1.54, 1.807) is 0 Å². The standard InChI is InChI=1S/C23H24N2O2S/c1-2-25-18-12-8-13-19(26)21(18)22(24-23(25)28)17-11-6-7-14-20(17)27-15-16-9-4-3-5-10-16/h3-7,9-11,14,22H,2,8,12-13,15H2,1H3,(H,24,28). The number of rotatable bonds is 5. The Labute approximate surface area is 171 Å². The summed E-state index contributed by atoms with van der Waals surface area (Å²) in [4.78, 5) is 14.9. The van der Waals surface area contributed by atoms with Crippen molar-refractivity contribution >= 4 is 23.1 Å². The van der Waals surface area contributed by atoms with Crippen LogP contribution in [0.25, 0.3) is 0 Å². The summed E-state index contributed by atoms with van der Waals surface area (Å²) in [5.41, 5.74) is 3.98. The van der Waals surface area contributed by atoms with Crippen LogP contribution in [-0.4, -0.2) is 22.3 Å². The van der Waals surface area contributed by atoms with E-state index in [9.17, 15) is 4.79 Å². The predicted molar refractivity (Wildman–Crippen MR) is 114 cm³/mol. The average Bonchev–Trinajstić information content (AvgIpc) is 2.73. The second-order valence-electron chi connectivity index (χ2n) is 7.08. The summed E-state index contributed by atoms with van der Waals surface area (Å²) < 4.78 is 6.15. The highest BCUT2D eigenvalue weighted by molar-refractivity contribution is 7.80. The number of allylic oxidation sites excluding steroid dienone is 1. The van der Waals surface area contributed by atoms with Crippen molar-refractivity contribution in [3.63, 3.8) is 0 Å². The minimum absolute atomic E-state index is 0.206. The number of carbonyl (C=O) groups is 1. The molecule has 1 aliphatic heterocycles. The Balaban J connectivity index is 1.70. The third kappa shape index (κ3) is 3.54. The Morgan fingerprint density at radius 2 is 1.86 bits per heavy atom. The first-order valence-corrected chi connectivity index (χ1v) is 10.2. The summed E-state index contributed by atoms with van der Waals surface area (Å²) in [6, 6.07) is 17.7. The van der Waals surface area contributed by atoms with E-state index in [0.717, 1.165) is 47.5 Å². The number of ether oxygens (including phenoxy) is 1. The quantitative estimate of drug-likeness (QED) is 0.758. The van der Waals surface area contributed by atoms with Crippen LogP contribution in [0.2, 0.25) is 0 Å². The van der Waals surface area contributed by atoms with Gasteiger partial charge in [0, 0.05) is 29.8 Å². The predicted octanol–water partition coefficient (Wildman–Crippen LogP) is 4.52. The van der Waals surface area contributed by atoms with Crippen molar-refractivity contribution in [3.8, 4) is 5.75 Å². The van der Waals surface area contributed by atoms with Crippen LogP contribution in [-0.2, 0) is 11.4 Å². The van der Waals surface area contributed by atoms with Gasteiger partial charge in [-0.15, -0.1) is 0 Å². The molecule has 0 saturated carbocycles. The van der Waals surface area contributed by atoms with Crippen LogP contribution in [0.5, 0.6) is 5.75 Å². The molecule has 144 valence electrons. The van der Waals surface area contributed by atoms with E-state index in [0.29, 0.717) is 18.1 Å². The van der Waals surface area contributed by atoms with Gasteiger partial charge in [0.15, 0.2) is 10.9 Å². The number of carbonyl (C=O) groups excluding carboxylic acids is 1. The first-order valence-electron chi connectivity index (χ1n) is 9.79. The Bertz CT molecular complexity index is 923. The molecule has 1 N–H and O–H groups in total. The lowest BCUT2D eigenvalue weighted by molar-refractivity contribution is -0.116. The van der Waals surface area contributed by atoms with Crippen molar-refractivity contribution in [1.29, 1.82) is 0 Å². The molecule has 0 spiro atoms. The van der Waals surface area contributed by atoms with Crippen LogP contribution in [0.15, 0.2) is 65.9 Å². The summed E-state index contributed by atoms with van der Waals surface area (Å²) in [5, 5.41) is 4.08. The maximum atomic E-state index is 12.9. The fourth-order valence-corrected chi connectivity index (χ4v) is 4.36. The highest BCUT2D eigenvalue weighted by Gasteiger charge is 2.37. The Morgan fingerprint density at radius 3 is 2.64 bits per heavy atom. The molecular formula is C23H24N2O2S. The van der Waals surface area contributed by atoms with Gasteiger partial charge in [-0.1, -0.05) is 48.5 Å². The molecule has 0 bridgehead atoms. The van der Waals surface area contributed by atoms with Crippen molar-refractivity contribution in [2.24, 2.45) is 0 Å². The minimum atomic E-state index is -0.259. The molecule has 1 aliphatic carbocycles. The topological polar surface area (TPSA) is 41.6 Å². The first kappa shape index (κ1) is 18.7. The van der Waals surface area contributed by atoms with Gasteiger partial charge in [-0.25, -0.2) is 0 Å². The van der Waals surface area contributed by atoms with Crippen LogP contribution in [0.1, 0.15) is 43.4 Å². The summed E-state index contributed by atoms with van der Waals surface area (Å²) in [6.45, 7) is 3.31. The SMILES string of the molecule is CCN1C(=S)NC(c2ccccc2OCc2ccccc2)C2=C1CCCC2=O. The highest BCUT2D eigenvalue weighted by Crippen LogP contribution is 2.40. The van der Waals surface area contributed by atoms with Gasteiger partial charge in [-0.05, 0) is 43.6 Å². The van der Waals surface area contributed by atoms with E-state index in [2.05, 4.69) is 17.1 Å². The molecule has 0 saturated heterocycles. The van der Waals surface area contributed by atoms with Crippen LogP contribution >= 0.6 is 12.2 Å². The molecule has 0 aromatic heterocycles. The number of nitrogens with zero attached hydrogens (tertiary/aromatic N) is 1.